The summed E-state index contributed by atoms with van der Waals surface area (Å²) in [7, 11) is 0. The van der Waals surface area contributed by atoms with Gasteiger partial charge < -0.3 is 9.80 Å². The largest absolute Gasteiger partial charge is 0.352 e. The second kappa shape index (κ2) is 10.1. The Morgan fingerprint density at radius 1 is 1.03 bits per heavy atom. The fourth-order valence-corrected chi connectivity index (χ4v) is 7.08. The molecule has 1 amide bonds. The van der Waals surface area contributed by atoms with Gasteiger partial charge in [-0.25, -0.2) is 9.97 Å². The average molecular weight is 455 g/mol. The Morgan fingerprint density at radius 2 is 1.81 bits per heavy atom. The first-order chi connectivity index (χ1) is 15.7. The van der Waals surface area contributed by atoms with Crippen molar-refractivity contribution < 1.29 is 4.79 Å². The Hall–Kier alpha value is -1.69. The van der Waals surface area contributed by atoms with E-state index in [2.05, 4.69) is 16.7 Å². The van der Waals surface area contributed by atoms with Gasteiger partial charge in [0.25, 0.3) is 0 Å². The van der Waals surface area contributed by atoms with Crippen molar-refractivity contribution in [1.82, 2.24) is 14.9 Å². The standard InChI is InChI=1S/C26H38N4OS/c1-2-3-12-22-27-25(24-20-10-6-7-11-21(20)32-26(24)28-22)30-17-15-29(16-18-30)23(31)14-13-19-8-4-5-9-19/h19H,2-18H2,1H3. The zero-order valence-corrected chi connectivity index (χ0v) is 20.5. The maximum atomic E-state index is 12.8. The van der Waals surface area contributed by atoms with Gasteiger partial charge in [0, 0.05) is 43.9 Å². The molecule has 0 aromatic carbocycles. The number of rotatable bonds is 7. The van der Waals surface area contributed by atoms with Crippen LogP contribution in [0, 0.1) is 5.92 Å². The second-order valence-electron chi connectivity index (χ2n) is 10.0. The van der Waals surface area contributed by atoms with E-state index in [1.165, 1.54) is 78.4 Å². The number of piperazine rings is 1. The Balaban J connectivity index is 1.31. The summed E-state index contributed by atoms with van der Waals surface area (Å²) in [5.41, 5.74) is 1.52. The molecule has 2 aliphatic carbocycles. The van der Waals surface area contributed by atoms with Crippen molar-refractivity contribution in [2.45, 2.75) is 90.4 Å². The lowest BCUT2D eigenvalue weighted by atomic mass is 9.96. The van der Waals surface area contributed by atoms with Crippen LogP contribution in [0.3, 0.4) is 0 Å². The number of anilines is 1. The van der Waals surface area contributed by atoms with E-state index >= 15 is 0 Å². The number of hydrogen-bond acceptors (Lipinski definition) is 5. The third-order valence-corrected chi connectivity index (χ3v) is 8.95. The van der Waals surface area contributed by atoms with Crippen molar-refractivity contribution in [2.75, 3.05) is 31.1 Å². The average Bonchev–Trinajstić information content (AvgIpc) is 3.48. The molecule has 6 heteroatoms. The van der Waals surface area contributed by atoms with E-state index in [4.69, 9.17) is 9.97 Å². The topological polar surface area (TPSA) is 49.3 Å². The Morgan fingerprint density at radius 3 is 2.59 bits per heavy atom. The van der Waals surface area contributed by atoms with Gasteiger partial charge in [-0.3, -0.25) is 4.79 Å². The van der Waals surface area contributed by atoms with Crippen LogP contribution in [0.15, 0.2) is 0 Å². The van der Waals surface area contributed by atoms with Gasteiger partial charge in [0.2, 0.25) is 5.91 Å². The molecule has 5 rings (SSSR count). The predicted molar refractivity (Wildman–Crippen MR) is 133 cm³/mol. The van der Waals surface area contributed by atoms with Gasteiger partial charge in [-0.15, -0.1) is 11.3 Å². The molecule has 2 fully saturated rings. The minimum atomic E-state index is 0.362. The van der Waals surface area contributed by atoms with E-state index in [9.17, 15) is 4.79 Å². The van der Waals surface area contributed by atoms with E-state index in [0.29, 0.717) is 5.91 Å². The molecule has 2 aromatic heterocycles. The first-order valence-electron chi connectivity index (χ1n) is 13.1. The van der Waals surface area contributed by atoms with Crippen molar-refractivity contribution in [3.8, 4) is 0 Å². The van der Waals surface area contributed by atoms with Crippen LogP contribution in [0.5, 0.6) is 0 Å². The molecule has 3 aliphatic rings. The summed E-state index contributed by atoms with van der Waals surface area (Å²) >= 11 is 1.91. The van der Waals surface area contributed by atoms with Crippen LogP contribution in [0.25, 0.3) is 10.2 Å². The van der Waals surface area contributed by atoms with Gasteiger partial charge in [-0.1, -0.05) is 39.0 Å². The van der Waals surface area contributed by atoms with Crippen LogP contribution in [0.1, 0.15) is 87.4 Å². The number of amides is 1. The van der Waals surface area contributed by atoms with Crippen LogP contribution in [-0.4, -0.2) is 47.0 Å². The highest BCUT2D eigenvalue weighted by atomic mass is 32.1. The second-order valence-corrected chi connectivity index (χ2v) is 11.1. The molecule has 0 unspecified atom stereocenters. The molecular formula is C26H38N4OS. The number of fused-ring (bicyclic) bond motifs is 3. The van der Waals surface area contributed by atoms with E-state index in [1.807, 2.05) is 11.3 Å². The number of carbonyl (C=O) groups excluding carboxylic acids is 1. The van der Waals surface area contributed by atoms with Gasteiger partial charge in [-0.2, -0.15) is 0 Å². The quantitative estimate of drug-likeness (QED) is 0.552. The molecule has 1 saturated heterocycles. The summed E-state index contributed by atoms with van der Waals surface area (Å²) in [5.74, 6) is 3.31. The SMILES string of the molecule is CCCCc1nc(N2CCN(C(=O)CCC3CCCC3)CC2)c2c3c(sc2n1)CCCC3. The third-order valence-electron chi connectivity index (χ3n) is 7.77. The van der Waals surface area contributed by atoms with Crippen molar-refractivity contribution >= 4 is 33.3 Å². The molecular weight excluding hydrogens is 416 g/mol. The van der Waals surface area contributed by atoms with Crippen LogP contribution in [0.2, 0.25) is 0 Å². The Kier molecular flexibility index (Phi) is 6.96. The van der Waals surface area contributed by atoms with Crippen LogP contribution >= 0.6 is 11.3 Å². The van der Waals surface area contributed by atoms with Gasteiger partial charge >= 0.3 is 0 Å². The number of carbonyl (C=O) groups is 1. The lowest BCUT2D eigenvalue weighted by Crippen LogP contribution is -2.49. The molecule has 1 saturated carbocycles. The van der Waals surface area contributed by atoms with E-state index in [0.717, 1.165) is 69.4 Å². The van der Waals surface area contributed by atoms with Gasteiger partial charge in [0.05, 0.1) is 5.39 Å². The lowest BCUT2D eigenvalue weighted by molar-refractivity contribution is -0.131. The number of aromatic nitrogens is 2. The Bertz CT molecular complexity index is 941. The minimum absolute atomic E-state index is 0.362. The Labute approximate surface area is 196 Å². The van der Waals surface area contributed by atoms with Crippen molar-refractivity contribution in [3.05, 3.63) is 16.3 Å². The zero-order chi connectivity index (χ0) is 21.9. The van der Waals surface area contributed by atoms with E-state index in [-0.39, 0.29) is 0 Å². The highest BCUT2D eigenvalue weighted by Crippen LogP contribution is 2.40. The smallest absolute Gasteiger partial charge is 0.222 e. The predicted octanol–water partition coefficient (Wildman–Crippen LogP) is 5.53. The first kappa shape index (κ1) is 22.1. The number of thiophene rings is 1. The van der Waals surface area contributed by atoms with Crippen LogP contribution < -0.4 is 4.90 Å². The summed E-state index contributed by atoms with van der Waals surface area (Å²) in [6.07, 6.45) is 15.4. The molecule has 0 atom stereocenters. The number of aryl methyl sites for hydroxylation is 3. The highest BCUT2D eigenvalue weighted by molar-refractivity contribution is 7.19. The zero-order valence-electron chi connectivity index (χ0n) is 19.7. The highest BCUT2D eigenvalue weighted by Gasteiger charge is 2.28. The molecule has 174 valence electrons. The van der Waals surface area contributed by atoms with Gasteiger partial charge in [-0.05, 0) is 50.0 Å². The molecule has 5 nitrogen and oxygen atoms in total. The molecule has 1 aliphatic heterocycles. The van der Waals surface area contributed by atoms with Crippen molar-refractivity contribution in [1.29, 1.82) is 0 Å². The fourth-order valence-electron chi connectivity index (χ4n) is 5.81. The molecule has 3 heterocycles. The molecule has 32 heavy (non-hydrogen) atoms. The van der Waals surface area contributed by atoms with Crippen LogP contribution in [0.4, 0.5) is 5.82 Å². The molecule has 0 radical (unpaired) electrons. The van der Waals surface area contributed by atoms with E-state index in [1.54, 1.807) is 0 Å². The fraction of sp³-hybridized carbons (Fsp3) is 0.731. The summed E-state index contributed by atoms with van der Waals surface area (Å²) in [5, 5.41) is 1.32. The maximum absolute atomic E-state index is 12.8. The number of hydrogen-bond donors (Lipinski definition) is 0. The van der Waals surface area contributed by atoms with E-state index < -0.39 is 0 Å². The lowest BCUT2D eigenvalue weighted by Gasteiger charge is -2.36. The normalized spacial score (nSPS) is 19.7. The first-order valence-corrected chi connectivity index (χ1v) is 13.9. The van der Waals surface area contributed by atoms with Crippen molar-refractivity contribution in [2.24, 2.45) is 5.92 Å². The molecule has 2 aromatic rings. The monoisotopic (exact) mass is 454 g/mol. The molecule has 0 bridgehead atoms. The van der Waals surface area contributed by atoms with Gasteiger partial charge in [0.15, 0.2) is 0 Å². The molecule has 0 N–H and O–H groups in total. The summed E-state index contributed by atoms with van der Waals surface area (Å²) in [6, 6.07) is 0. The summed E-state index contributed by atoms with van der Waals surface area (Å²) in [4.78, 5) is 30.2. The third kappa shape index (κ3) is 4.66. The van der Waals surface area contributed by atoms with Crippen molar-refractivity contribution in [3.63, 3.8) is 0 Å². The summed E-state index contributed by atoms with van der Waals surface area (Å²) in [6.45, 7) is 5.65. The number of nitrogens with zero attached hydrogens (tertiary/aromatic N) is 4. The maximum Gasteiger partial charge on any atom is 0.222 e. The minimum Gasteiger partial charge on any atom is -0.352 e. The summed E-state index contributed by atoms with van der Waals surface area (Å²) < 4.78 is 0. The number of unbranched alkanes of at least 4 members (excludes halogenated alkanes) is 1. The van der Waals surface area contributed by atoms with Gasteiger partial charge in [0.1, 0.15) is 16.5 Å². The molecule has 0 spiro atoms. The van der Waals surface area contributed by atoms with Crippen LogP contribution in [-0.2, 0) is 24.1 Å².